The maximum Gasteiger partial charge on any atom is 0.356 e. The quantitative estimate of drug-likeness (QED) is 0.322. The molecule has 4 aromatic rings. The number of fused-ring (bicyclic) bond motifs is 3. The summed E-state index contributed by atoms with van der Waals surface area (Å²) in [5.41, 5.74) is 3.08. The largest absolute Gasteiger partial charge is 0.464 e. The maximum atomic E-state index is 12.1. The van der Waals surface area contributed by atoms with Gasteiger partial charge in [0.05, 0.1) is 33.4 Å². The Morgan fingerprint density at radius 2 is 1.73 bits per heavy atom. The molecular formula is C19H11Cl3N2O2. The van der Waals surface area contributed by atoms with Crippen LogP contribution in [0.2, 0.25) is 15.1 Å². The number of hydrogen-bond acceptors (Lipinski definition) is 3. The molecule has 0 spiro atoms. The van der Waals surface area contributed by atoms with Crippen molar-refractivity contribution in [2.45, 2.75) is 0 Å². The number of H-pyrrole nitrogens is 1. The number of aromatic nitrogens is 2. The number of carbonyl (C=O) groups excluding carboxylic acids is 1. The zero-order chi connectivity index (χ0) is 18.4. The Kier molecular flexibility index (Phi) is 4.27. The summed E-state index contributed by atoms with van der Waals surface area (Å²) in [4.78, 5) is 20.0. The van der Waals surface area contributed by atoms with E-state index in [1.165, 1.54) is 7.11 Å². The monoisotopic (exact) mass is 404 g/mol. The first-order valence-electron chi connectivity index (χ1n) is 7.64. The van der Waals surface area contributed by atoms with Crippen molar-refractivity contribution in [2.24, 2.45) is 0 Å². The number of methoxy groups -OCH3 is 1. The molecule has 0 aliphatic carbocycles. The van der Waals surface area contributed by atoms with Gasteiger partial charge >= 0.3 is 5.97 Å². The number of benzene rings is 2. The average Bonchev–Trinajstić information content (AvgIpc) is 3.03. The molecular weight excluding hydrogens is 395 g/mol. The van der Waals surface area contributed by atoms with Gasteiger partial charge in [0.15, 0.2) is 0 Å². The second-order valence-electron chi connectivity index (χ2n) is 5.69. The van der Waals surface area contributed by atoms with Crippen LogP contribution in [-0.4, -0.2) is 23.0 Å². The average molecular weight is 406 g/mol. The van der Waals surface area contributed by atoms with E-state index in [0.717, 1.165) is 21.8 Å². The Morgan fingerprint density at radius 1 is 1.04 bits per heavy atom. The molecule has 0 aliphatic heterocycles. The molecule has 7 heteroatoms. The summed E-state index contributed by atoms with van der Waals surface area (Å²) in [6.07, 6.45) is 0. The summed E-state index contributed by atoms with van der Waals surface area (Å²) in [5.74, 6) is -0.524. The number of para-hydroxylation sites is 1. The number of esters is 1. The zero-order valence-corrected chi connectivity index (χ0v) is 15.7. The van der Waals surface area contributed by atoms with Crippen LogP contribution in [0, 0.1) is 0 Å². The molecule has 2 aromatic heterocycles. The molecule has 0 saturated heterocycles. The highest BCUT2D eigenvalue weighted by Crippen LogP contribution is 2.38. The van der Waals surface area contributed by atoms with E-state index >= 15 is 0 Å². The van der Waals surface area contributed by atoms with Gasteiger partial charge in [-0.05, 0) is 24.3 Å². The predicted molar refractivity (Wildman–Crippen MR) is 105 cm³/mol. The van der Waals surface area contributed by atoms with E-state index in [9.17, 15) is 4.79 Å². The minimum atomic E-state index is -0.524. The summed E-state index contributed by atoms with van der Waals surface area (Å²) < 4.78 is 4.85. The fraction of sp³-hybridized carbons (Fsp3) is 0.0526. The molecule has 4 rings (SSSR count). The molecule has 0 atom stereocenters. The van der Waals surface area contributed by atoms with Crippen molar-refractivity contribution >= 4 is 62.6 Å². The third-order valence-corrected chi connectivity index (χ3v) is 5.34. The minimum absolute atomic E-state index is 0.196. The number of rotatable bonds is 2. The standard InChI is InChI=1S/C19H11Cl3N2O2/c1-26-19(25)15-8-11-10-4-2-3-5-14(10)23-18(11)17(24-15)9-6-12(20)16(22)13(21)7-9/h2-8,23H,1H3. The second-order valence-corrected chi connectivity index (χ2v) is 6.89. The highest BCUT2D eigenvalue weighted by Gasteiger charge is 2.18. The molecule has 0 bridgehead atoms. The summed E-state index contributed by atoms with van der Waals surface area (Å²) in [5, 5.41) is 2.72. The number of ether oxygens (including phenoxy) is 1. The SMILES string of the molecule is COC(=O)c1cc2c([nH]c3ccccc32)c(-c2cc(Cl)c(Cl)c(Cl)c2)n1. The summed E-state index contributed by atoms with van der Waals surface area (Å²) in [7, 11) is 1.32. The van der Waals surface area contributed by atoms with E-state index in [4.69, 9.17) is 39.5 Å². The molecule has 26 heavy (non-hydrogen) atoms. The van der Waals surface area contributed by atoms with Gasteiger partial charge in [0.2, 0.25) is 0 Å². The van der Waals surface area contributed by atoms with Crippen LogP contribution in [0.4, 0.5) is 0 Å². The fourth-order valence-electron chi connectivity index (χ4n) is 2.96. The molecule has 2 heterocycles. The van der Waals surface area contributed by atoms with Gasteiger partial charge in [-0.15, -0.1) is 0 Å². The van der Waals surface area contributed by atoms with Crippen LogP contribution in [-0.2, 0) is 4.74 Å². The van der Waals surface area contributed by atoms with Gasteiger partial charge in [-0.1, -0.05) is 53.0 Å². The Balaban J connectivity index is 2.11. The Bertz CT molecular complexity index is 1160. The van der Waals surface area contributed by atoms with Gasteiger partial charge in [-0.3, -0.25) is 0 Å². The minimum Gasteiger partial charge on any atom is -0.464 e. The first kappa shape index (κ1) is 17.2. The molecule has 0 unspecified atom stereocenters. The van der Waals surface area contributed by atoms with Crippen molar-refractivity contribution in [3.63, 3.8) is 0 Å². The van der Waals surface area contributed by atoms with Crippen molar-refractivity contribution in [1.82, 2.24) is 9.97 Å². The first-order chi connectivity index (χ1) is 12.5. The lowest BCUT2D eigenvalue weighted by Gasteiger charge is -2.08. The van der Waals surface area contributed by atoms with E-state index in [-0.39, 0.29) is 10.7 Å². The summed E-state index contributed by atoms with van der Waals surface area (Å²) >= 11 is 18.4. The van der Waals surface area contributed by atoms with E-state index in [2.05, 4.69) is 9.97 Å². The molecule has 2 aromatic carbocycles. The molecule has 0 radical (unpaired) electrons. The Morgan fingerprint density at radius 3 is 2.42 bits per heavy atom. The summed E-state index contributed by atoms with van der Waals surface area (Å²) in [6, 6.07) is 12.8. The number of halogens is 3. The first-order valence-corrected chi connectivity index (χ1v) is 8.77. The number of pyridine rings is 1. The highest BCUT2D eigenvalue weighted by molar-refractivity contribution is 6.48. The van der Waals surface area contributed by atoms with Crippen LogP contribution in [0.1, 0.15) is 10.5 Å². The normalized spacial score (nSPS) is 11.2. The Hall–Kier alpha value is -2.27. The van der Waals surface area contributed by atoms with E-state index < -0.39 is 5.97 Å². The van der Waals surface area contributed by atoms with Gasteiger partial charge in [0, 0.05) is 21.9 Å². The van der Waals surface area contributed by atoms with E-state index in [1.807, 2.05) is 24.3 Å². The molecule has 4 nitrogen and oxygen atoms in total. The lowest BCUT2D eigenvalue weighted by molar-refractivity contribution is 0.0594. The van der Waals surface area contributed by atoms with Crippen LogP contribution < -0.4 is 0 Å². The van der Waals surface area contributed by atoms with Crippen LogP contribution >= 0.6 is 34.8 Å². The van der Waals surface area contributed by atoms with Crippen molar-refractivity contribution < 1.29 is 9.53 Å². The van der Waals surface area contributed by atoms with Gasteiger partial charge < -0.3 is 9.72 Å². The van der Waals surface area contributed by atoms with Crippen molar-refractivity contribution in [3.05, 3.63) is 63.2 Å². The van der Waals surface area contributed by atoms with Gasteiger partial charge in [0.1, 0.15) is 5.69 Å². The van der Waals surface area contributed by atoms with Gasteiger partial charge in [-0.25, -0.2) is 9.78 Å². The zero-order valence-electron chi connectivity index (χ0n) is 13.4. The fourth-order valence-corrected chi connectivity index (χ4v) is 3.55. The number of aromatic amines is 1. The van der Waals surface area contributed by atoms with Gasteiger partial charge in [0.25, 0.3) is 0 Å². The highest BCUT2D eigenvalue weighted by atomic mass is 35.5. The third kappa shape index (κ3) is 2.71. The number of nitrogens with one attached hydrogen (secondary N) is 1. The third-order valence-electron chi connectivity index (χ3n) is 4.15. The summed E-state index contributed by atoms with van der Waals surface area (Å²) in [6.45, 7) is 0. The lowest BCUT2D eigenvalue weighted by Crippen LogP contribution is -2.05. The number of nitrogens with zero attached hydrogens (tertiary/aromatic N) is 1. The molecule has 0 saturated carbocycles. The number of hydrogen-bond donors (Lipinski definition) is 1. The van der Waals surface area contributed by atoms with Gasteiger partial charge in [-0.2, -0.15) is 0 Å². The molecule has 0 amide bonds. The topological polar surface area (TPSA) is 55.0 Å². The smallest absolute Gasteiger partial charge is 0.356 e. The van der Waals surface area contributed by atoms with E-state index in [0.29, 0.717) is 21.3 Å². The molecule has 1 N–H and O–H groups in total. The molecule has 0 fully saturated rings. The van der Waals surface area contributed by atoms with Crippen LogP contribution in [0.15, 0.2) is 42.5 Å². The van der Waals surface area contributed by atoms with Crippen molar-refractivity contribution in [3.8, 4) is 11.3 Å². The van der Waals surface area contributed by atoms with Crippen LogP contribution in [0.3, 0.4) is 0 Å². The van der Waals surface area contributed by atoms with Crippen LogP contribution in [0.25, 0.3) is 33.1 Å². The maximum absolute atomic E-state index is 12.1. The van der Waals surface area contributed by atoms with Crippen LogP contribution in [0.5, 0.6) is 0 Å². The van der Waals surface area contributed by atoms with Crippen molar-refractivity contribution in [1.29, 1.82) is 0 Å². The molecule has 0 aliphatic rings. The Labute approximate surface area is 163 Å². The lowest BCUT2D eigenvalue weighted by atomic mass is 10.1. The molecule has 130 valence electrons. The second kappa shape index (κ2) is 6.47. The van der Waals surface area contributed by atoms with Crippen molar-refractivity contribution in [2.75, 3.05) is 7.11 Å². The number of carbonyl (C=O) groups is 1. The predicted octanol–water partition coefficient (Wildman–Crippen LogP) is 6.13. The van der Waals surface area contributed by atoms with E-state index in [1.54, 1.807) is 18.2 Å².